The van der Waals surface area contributed by atoms with Crippen LogP contribution in [0.5, 0.6) is 17.4 Å². The predicted octanol–water partition coefficient (Wildman–Crippen LogP) is 4.87. The number of ether oxygens (including phenoxy) is 3. The minimum absolute atomic E-state index is 0.00631. The molecule has 1 aromatic carbocycles. The molecule has 2 fully saturated rings. The van der Waals surface area contributed by atoms with Gasteiger partial charge in [0.05, 0.1) is 23.9 Å². The average molecular weight is 658 g/mol. The number of halogens is 3. The van der Waals surface area contributed by atoms with Gasteiger partial charge in [-0.3, -0.25) is 9.78 Å². The molecule has 1 N–H and O–H groups in total. The van der Waals surface area contributed by atoms with Crippen LogP contribution in [0.2, 0.25) is 0 Å². The van der Waals surface area contributed by atoms with E-state index in [0.717, 1.165) is 43.1 Å². The molecule has 0 bridgehead atoms. The van der Waals surface area contributed by atoms with Gasteiger partial charge in [0.2, 0.25) is 0 Å². The third-order valence-corrected chi connectivity index (χ3v) is 8.89. The molecule has 0 radical (unpaired) electrons. The number of aldehydes is 1. The topological polar surface area (TPSA) is 115 Å². The minimum atomic E-state index is -2.52. The smallest absolute Gasteiger partial charge is 0.282 e. The lowest BCUT2D eigenvalue weighted by atomic mass is 9.61. The fraction of sp³-hybridized carbons (Fsp3) is 0.545. The van der Waals surface area contributed by atoms with Crippen molar-refractivity contribution in [3.05, 3.63) is 59.4 Å². The monoisotopic (exact) mass is 657 g/mol. The zero-order valence-electron chi connectivity index (χ0n) is 27.2. The standard InChI is InChI=1S/C27H27F3N6O4.C6H15N/c28-17-1-2-21(16(7-17)10-37)40-26-25(33-15-34-35-26)36-13-27(14-36)8-18(9-27)39-22-4-6-31-19-3-5-32-20(24(19)22)11-38-12-23(29)30;1-5-7(4)6(2)3/h1-2,4,6-7,10,15,18,20,23,32H,3,5,8-9,11-14H2;6H,5H2,1-4H3. The van der Waals surface area contributed by atoms with Crippen molar-refractivity contribution in [3.8, 4) is 17.4 Å². The van der Waals surface area contributed by atoms with Crippen LogP contribution >= 0.6 is 0 Å². The van der Waals surface area contributed by atoms with Crippen LogP contribution in [0.15, 0.2) is 36.8 Å². The molecule has 6 rings (SSSR count). The molecule has 14 heteroatoms. The molecule has 1 saturated heterocycles. The van der Waals surface area contributed by atoms with Crippen LogP contribution < -0.4 is 19.7 Å². The second kappa shape index (κ2) is 15.3. The van der Waals surface area contributed by atoms with E-state index in [9.17, 15) is 18.0 Å². The number of carbonyl (C=O) groups excluding carboxylic acids is 1. The Bertz CT molecular complexity index is 1500. The van der Waals surface area contributed by atoms with E-state index in [1.807, 2.05) is 11.0 Å². The Hall–Kier alpha value is -3.88. The zero-order valence-corrected chi connectivity index (χ0v) is 27.2. The summed E-state index contributed by atoms with van der Waals surface area (Å²) < 4.78 is 56.1. The van der Waals surface area contributed by atoms with Crippen LogP contribution in [0.1, 0.15) is 61.3 Å². The van der Waals surface area contributed by atoms with Crippen molar-refractivity contribution in [1.82, 2.24) is 30.4 Å². The number of hydrogen-bond acceptors (Lipinski definition) is 11. The highest BCUT2D eigenvalue weighted by molar-refractivity contribution is 5.79. The molecule has 2 aliphatic heterocycles. The van der Waals surface area contributed by atoms with E-state index in [0.29, 0.717) is 43.5 Å². The summed E-state index contributed by atoms with van der Waals surface area (Å²) in [6.07, 6.45) is 3.45. The first-order chi connectivity index (χ1) is 22.6. The number of fused-ring (bicyclic) bond motifs is 1. The maximum Gasteiger partial charge on any atom is 0.282 e. The van der Waals surface area contributed by atoms with E-state index < -0.39 is 18.8 Å². The number of nitrogens with zero attached hydrogens (tertiary/aromatic N) is 6. The Kier molecular flexibility index (Phi) is 11.3. The van der Waals surface area contributed by atoms with E-state index in [-0.39, 0.29) is 41.4 Å². The summed E-state index contributed by atoms with van der Waals surface area (Å²) >= 11 is 0. The molecule has 0 amide bonds. The van der Waals surface area contributed by atoms with E-state index in [1.165, 1.54) is 18.5 Å². The lowest BCUT2D eigenvalue weighted by molar-refractivity contribution is -0.0357. The van der Waals surface area contributed by atoms with E-state index in [4.69, 9.17) is 14.2 Å². The van der Waals surface area contributed by atoms with Crippen LogP contribution in [0.3, 0.4) is 0 Å². The highest BCUT2D eigenvalue weighted by Crippen LogP contribution is 2.52. The summed E-state index contributed by atoms with van der Waals surface area (Å²) in [6, 6.07) is 5.92. The van der Waals surface area contributed by atoms with Crippen molar-refractivity contribution in [2.24, 2.45) is 5.41 Å². The number of carbonyl (C=O) groups is 1. The van der Waals surface area contributed by atoms with Gasteiger partial charge in [0.1, 0.15) is 36.4 Å². The van der Waals surface area contributed by atoms with Gasteiger partial charge in [0, 0.05) is 49.3 Å². The van der Waals surface area contributed by atoms with Gasteiger partial charge >= 0.3 is 0 Å². The maximum absolute atomic E-state index is 13.5. The highest BCUT2D eigenvalue weighted by Gasteiger charge is 2.54. The molecule has 1 atom stereocenters. The van der Waals surface area contributed by atoms with Crippen molar-refractivity contribution in [2.75, 3.05) is 51.3 Å². The van der Waals surface area contributed by atoms with Gasteiger partial charge in [0.25, 0.3) is 12.3 Å². The SMILES string of the molecule is CCN(C)C(C)C.O=Cc1cc(F)ccc1Oc1nncnc1N1CC2(CC(Oc3ccnc4c3C(COCC(F)F)NCC4)C2)C1. The quantitative estimate of drug-likeness (QED) is 0.269. The number of anilines is 1. The summed E-state index contributed by atoms with van der Waals surface area (Å²) in [6.45, 7) is 9.34. The Morgan fingerprint density at radius 2 is 1.96 bits per heavy atom. The van der Waals surface area contributed by atoms with Crippen molar-refractivity contribution in [1.29, 1.82) is 0 Å². The zero-order chi connectivity index (χ0) is 33.6. The van der Waals surface area contributed by atoms with Crippen LogP contribution in [-0.2, 0) is 11.2 Å². The number of benzene rings is 1. The lowest BCUT2D eigenvalue weighted by Crippen LogP contribution is -2.65. The van der Waals surface area contributed by atoms with Gasteiger partial charge in [-0.1, -0.05) is 6.92 Å². The Morgan fingerprint density at radius 1 is 1.17 bits per heavy atom. The van der Waals surface area contributed by atoms with Gasteiger partial charge in [-0.15, -0.1) is 10.2 Å². The molecule has 1 aliphatic carbocycles. The number of pyridine rings is 1. The molecular weight excluding hydrogens is 615 g/mol. The van der Waals surface area contributed by atoms with Crippen molar-refractivity contribution < 1.29 is 32.2 Å². The predicted molar refractivity (Wildman–Crippen MR) is 169 cm³/mol. The second-order valence-electron chi connectivity index (χ2n) is 12.5. The first-order valence-electron chi connectivity index (χ1n) is 15.9. The van der Waals surface area contributed by atoms with Crippen LogP contribution in [0.25, 0.3) is 0 Å². The first-order valence-corrected chi connectivity index (χ1v) is 15.9. The number of rotatable bonds is 12. The minimum Gasteiger partial charge on any atom is -0.490 e. The molecule has 11 nitrogen and oxygen atoms in total. The summed E-state index contributed by atoms with van der Waals surface area (Å²) in [5, 5.41) is 11.2. The van der Waals surface area contributed by atoms with Gasteiger partial charge in [0.15, 0.2) is 12.1 Å². The Morgan fingerprint density at radius 3 is 2.64 bits per heavy atom. The number of hydrogen-bond donors (Lipinski definition) is 1. The van der Waals surface area contributed by atoms with E-state index in [2.05, 4.69) is 58.2 Å². The molecular formula is C33H42F3N7O4. The largest absolute Gasteiger partial charge is 0.490 e. The van der Waals surface area contributed by atoms with E-state index >= 15 is 0 Å². The van der Waals surface area contributed by atoms with Gasteiger partial charge in [-0.05, 0) is 64.5 Å². The summed E-state index contributed by atoms with van der Waals surface area (Å²) in [4.78, 5) is 24.5. The third kappa shape index (κ3) is 8.35. The summed E-state index contributed by atoms with van der Waals surface area (Å²) in [5.41, 5.74) is 1.89. The molecule has 1 saturated carbocycles. The second-order valence-corrected chi connectivity index (χ2v) is 12.5. The van der Waals surface area contributed by atoms with Gasteiger partial charge in [-0.2, -0.15) is 0 Å². The van der Waals surface area contributed by atoms with Crippen LogP contribution in [0.4, 0.5) is 19.0 Å². The van der Waals surface area contributed by atoms with Gasteiger partial charge in [-0.25, -0.2) is 18.2 Å². The van der Waals surface area contributed by atoms with Crippen molar-refractivity contribution in [3.63, 3.8) is 0 Å². The number of alkyl halides is 2. The molecule has 1 unspecified atom stereocenters. The first kappa shape index (κ1) is 34.5. The molecule has 1 spiro atoms. The van der Waals surface area contributed by atoms with E-state index in [1.54, 1.807) is 6.20 Å². The molecule has 3 aromatic rings. The Labute approximate surface area is 272 Å². The molecule has 47 heavy (non-hydrogen) atoms. The summed E-state index contributed by atoms with van der Waals surface area (Å²) in [5.74, 6) is 0.958. The summed E-state index contributed by atoms with van der Waals surface area (Å²) in [7, 11) is 2.13. The molecule has 254 valence electrons. The lowest BCUT2D eigenvalue weighted by Gasteiger charge is -2.58. The molecule has 4 heterocycles. The normalized spacial score (nSPS) is 18.3. The van der Waals surface area contributed by atoms with Crippen LogP contribution in [-0.4, -0.2) is 96.4 Å². The van der Waals surface area contributed by atoms with Crippen LogP contribution in [0, 0.1) is 11.2 Å². The van der Waals surface area contributed by atoms with Gasteiger partial charge < -0.3 is 29.3 Å². The molecule has 2 aromatic heterocycles. The Balaban J connectivity index is 0.000000559. The van der Waals surface area contributed by atoms with Crippen molar-refractivity contribution >= 4 is 12.1 Å². The van der Waals surface area contributed by atoms with Crippen molar-refractivity contribution in [2.45, 2.75) is 64.6 Å². The molecule has 3 aliphatic rings. The third-order valence-electron chi connectivity index (χ3n) is 8.89. The fourth-order valence-electron chi connectivity index (χ4n) is 6.11. The number of aromatic nitrogens is 4. The fourth-order valence-corrected chi connectivity index (χ4v) is 6.11. The maximum atomic E-state index is 13.5. The highest BCUT2D eigenvalue weighted by atomic mass is 19.3. The average Bonchev–Trinajstić information content (AvgIpc) is 3.02. The number of nitrogens with one attached hydrogen (secondary N) is 1.